The fraction of sp³-hybridized carbons (Fsp3) is 0.429. The minimum atomic E-state index is 0.00709. The predicted molar refractivity (Wildman–Crippen MR) is 69.6 cm³/mol. The van der Waals surface area contributed by atoms with Crippen molar-refractivity contribution in [3.05, 3.63) is 41.7 Å². The molecule has 3 nitrogen and oxygen atoms in total. The molecule has 1 N–H and O–H groups in total. The van der Waals surface area contributed by atoms with Crippen molar-refractivity contribution < 1.29 is 4.79 Å². The largest absolute Gasteiger partial charge is 0.347 e. The normalized spacial score (nSPS) is 12.6. The van der Waals surface area contributed by atoms with Crippen LogP contribution < -0.4 is 5.32 Å². The summed E-state index contributed by atoms with van der Waals surface area (Å²) in [6, 6.07) is 5.89. The number of hydrogen-bond acceptors (Lipinski definition) is 2. The zero-order chi connectivity index (χ0) is 12.7. The number of carbonyl (C=O) groups is 1. The van der Waals surface area contributed by atoms with E-state index in [0.717, 1.165) is 17.8 Å². The lowest BCUT2D eigenvalue weighted by atomic mass is 10.1. The second-order valence-corrected chi connectivity index (χ2v) is 4.01. The van der Waals surface area contributed by atoms with E-state index in [2.05, 4.69) is 10.3 Å². The van der Waals surface area contributed by atoms with Gasteiger partial charge in [0.2, 0.25) is 5.91 Å². The van der Waals surface area contributed by atoms with E-state index in [1.165, 1.54) is 0 Å². The lowest BCUT2D eigenvalue weighted by molar-refractivity contribution is -0.121. The monoisotopic (exact) mass is 232 g/mol. The molecule has 0 fully saturated rings. The molecule has 1 heterocycles. The fourth-order valence-corrected chi connectivity index (χ4v) is 1.62. The molecule has 1 amide bonds. The zero-order valence-corrected chi connectivity index (χ0v) is 10.7. The number of carbonyl (C=O) groups excluding carboxylic acids is 1. The third-order valence-electron chi connectivity index (χ3n) is 2.55. The molecular weight excluding hydrogens is 212 g/mol. The standard InChI is InChI=1S/C14H20N2O/c1-4-6-10-14(17)16-12(5-2)13-9-7-8-11(3)15-13/h4,6-9,12H,5,10H2,1-3H3,(H,16,17)/b6-4+. The molecule has 1 aromatic heterocycles. The smallest absolute Gasteiger partial charge is 0.224 e. The van der Waals surface area contributed by atoms with Gasteiger partial charge in [0, 0.05) is 12.1 Å². The molecule has 1 unspecified atom stereocenters. The van der Waals surface area contributed by atoms with Crippen LogP contribution in [0.15, 0.2) is 30.4 Å². The molecule has 0 spiro atoms. The molecule has 0 radical (unpaired) electrons. The first-order valence-electron chi connectivity index (χ1n) is 6.01. The van der Waals surface area contributed by atoms with Gasteiger partial charge >= 0.3 is 0 Å². The molecule has 92 valence electrons. The lowest BCUT2D eigenvalue weighted by Crippen LogP contribution is -2.28. The van der Waals surface area contributed by atoms with E-state index < -0.39 is 0 Å². The Morgan fingerprint density at radius 1 is 1.53 bits per heavy atom. The summed E-state index contributed by atoms with van der Waals surface area (Å²) in [6.07, 6.45) is 5.01. The van der Waals surface area contributed by atoms with E-state index in [9.17, 15) is 4.79 Å². The van der Waals surface area contributed by atoms with E-state index in [1.807, 2.05) is 51.1 Å². The van der Waals surface area contributed by atoms with Gasteiger partial charge in [-0.25, -0.2) is 0 Å². The van der Waals surface area contributed by atoms with Crippen molar-refractivity contribution in [1.29, 1.82) is 0 Å². The first kappa shape index (κ1) is 13.4. The van der Waals surface area contributed by atoms with Crippen LogP contribution in [-0.2, 0) is 4.79 Å². The van der Waals surface area contributed by atoms with Gasteiger partial charge in [-0.1, -0.05) is 25.1 Å². The third kappa shape index (κ3) is 4.39. The number of nitrogens with one attached hydrogen (secondary N) is 1. The van der Waals surface area contributed by atoms with E-state index in [1.54, 1.807) is 0 Å². The molecule has 0 saturated carbocycles. The number of aromatic nitrogens is 1. The summed E-state index contributed by atoms with van der Waals surface area (Å²) in [4.78, 5) is 16.1. The fourth-order valence-electron chi connectivity index (χ4n) is 1.62. The maximum atomic E-state index is 11.6. The Balaban J connectivity index is 2.68. The Morgan fingerprint density at radius 3 is 2.88 bits per heavy atom. The van der Waals surface area contributed by atoms with E-state index in [0.29, 0.717) is 6.42 Å². The summed E-state index contributed by atoms with van der Waals surface area (Å²) in [5.74, 6) is 0.0401. The highest BCUT2D eigenvalue weighted by Crippen LogP contribution is 2.14. The average molecular weight is 232 g/mol. The van der Waals surface area contributed by atoms with Gasteiger partial charge in [0.1, 0.15) is 0 Å². The number of amides is 1. The highest BCUT2D eigenvalue weighted by Gasteiger charge is 2.12. The topological polar surface area (TPSA) is 42.0 Å². The minimum Gasteiger partial charge on any atom is -0.347 e. The van der Waals surface area contributed by atoms with Crippen molar-refractivity contribution in [3.63, 3.8) is 0 Å². The number of nitrogens with zero attached hydrogens (tertiary/aromatic N) is 1. The summed E-state index contributed by atoms with van der Waals surface area (Å²) in [6.45, 7) is 5.91. The van der Waals surface area contributed by atoms with E-state index in [4.69, 9.17) is 0 Å². The van der Waals surface area contributed by atoms with Crippen LogP contribution >= 0.6 is 0 Å². The maximum Gasteiger partial charge on any atom is 0.224 e. The van der Waals surface area contributed by atoms with Gasteiger partial charge < -0.3 is 5.32 Å². The molecule has 1 rings (SSSR count). The summed E-state index contributed by atoms with van der Waals surface area (Å²) in [5, 5.41) is 2.99. The van der Waals surface area contributed by atoms with Crippen LogP contribution in [0.2, 0.25) is 0 Å². The molecule has 17 heavy (non-hydrogen) atoms. The average Bonchev–Trinajstić information content (AvgIpc) is 2.33. The van der Waals surface area contributed by atoms with E-state index >= 15 is 0 Å². The molecule has 0 aliphatic heterocycles. The number of aryl methyl sites for hydroxylation is 1. The molecule has 0 bridgehead atoms. The summed E-state index contributed by atoms with van der Waals surface area (Å²) in [5.41, 5.74) is 1.91. The molecule has 0 aliphatic carbocycles. The van der Waals surface area contributed by atoms with Crippen molar-refractivity contribution in [2.75, 3.05) is 0 Å². The molecule has 0 aromatic carbocycles. The molecule has 0 aliphatic rings. The van der Waals surface area contributed by atoms with E-state index in [-0.39, 0.29) is 11.9 Å². The Kier molecular flexibility index (Phi) is 5.40. The lowest BCUT2D eigenvalue weighted by Gasteiger charge is -2.16. The van der Waals surface area contributed by atoms with Crippen molar-refractivity contribution in [2.24, 2.45) is 0 Å². The second kappa shape index (κ2) is 6.84. The first-order valence-corrected chi connectivity index (χ1v) is 6.01. The molecule has 0 saturated heterocycles. The zero-order valence-electron chi connectivity index (χ0n) is 10.7. The van der Waals surface area contributed by atoms with Gasteiger partial charge in [0.05, 0.1) is 11.7 Å². The van der Waals surface area contributed by atoms with Crippen molar-refractivity contribution in [2.45, 2.75) is 39.7 Å². The predicted octanol–water partition coefficient (Wildman–Crippen LogP) is 2.92. The summed E-state index contributed by atoms with van der Waals surface area (Å²) >= 11 is 0. The number of rotatable bonds is 5. The van der Waals surface area contributed by atoms with Crippen LogP contribution in [0.5, 0.6) is 0 Å². The van der Waals surface area contributed by atoms with Crippen LogP contribution in [0.3, 0.4) is 0 Å². The Morgan fingerprint density at radius 2 is 2.29 bits per heavy atom. The van der Waals surface area contributed by atoms with Crippen LogP contribution in [0.25, 0.3) is 0 Å². The van der Waals surface area contributed by atoms with Crippen LogP contribution in [0.1, 0.15) is 44.1 Å². The van der Waals surface area contributed by atoms with Crippen LogP contribution in [0.4, 0.5) is 0 Å². The third-order valence-corrected chi connectivity index (χ3v) is 2.55. The van der Waals surface area contributed by atoms with Gasteiger partial charge in [0.25, 0.3) is 0 Å². The van der Waals surface area contributed by atoms with Gasteiger partial charge in [0.15, 0.2) is 0 Å². The van der Waals surface area contributed by atoms with Crippen LogP contribution in [-0.4, -0.2) is 10.9 Å². The summed E-state index contributed by atoms with van der Waals surface area (Å²) in [7, 11) is 0. The second-order valence-electron chi connectivity index (χ2n) is 4.01. The van der Waals surface area contributed by atoms with Gasteiger partial charge in [-0.05, 0) is 32.4 Å². The number of hydrogen-bond donors (Lipinski definition) is 1. The highest BCUT2D eigenvalue weighted by molar-refractivity contribution is 5.77. The quantitative estimate of drug-likeness (QED) is 0.793. The van der Waals surface area contributed by atoms with Gasteiger partial charge in [-0.15, -0.1) is 0 Å². The van der Waals surface area contributed by atoms with Gasteiger partial charge in [-0.3, -0.25) is 9.78 Å². The maximum absolute atomic E-state index is 11.6. The number of pyridine rings is 1. The van der Waals surface area contributed by atoms with Gasteiger partial charge in [-0.2, -0.15) is 0 Å². The number of allylic oxidation sites excluding steroid dienone is 1. The Labute approximate surface area is 103 Å². The minimum absolute atomic E-state index is 0.00709. The Bertz CT molecular complexity index is 399. The van der Waals surface area contributed by atoms with Crippen molar-refractivity contribution in [3.8, 4) is 0 Å². The summed E-state index contributed by atoms with van der Waals surface area (Å²) < 4.78 is 0. The molecule has 1 atom stereocenters. The highest BCUT2D eigenvalue weighted by atomic mass is 16.1. The molecular formula is C14H20N2O. The molecule has 1 aromatic rings. The van der Waals surface area contributed by atoms with Crippen molar-refractivity contribution >= 4 is 5.91 Å². The van der Waals surface area contributed by atoms with Crippen LogP contribution in [0, 0.1) is 6.92 Å². The molecule has 3 heteroatoms. The Hall–Kier alpha value is -1.64. The SMILES string of the molecule is C/C=C/CC(=O)NC(CC)c1cccc(C)n1. The van der Waals surface area contributed by atoms with Crippen molar-refractivity contribution in [1.82, 2.24) is 10.3 Å². The first-order chi connectivity index (χ1) is 8.17.